The van der Waals surface area contributed by atoms with E-state index in [2.05, 4.69) is 16.0 Å². The second-order valence-corrected chi connectivity index (χ2v) is 14.3. The van der Waals surface area contributed by atoms with E-state index in [0.717, 1.165) is 47.2 Å². The summed E-state index contributed by atoms with van der Waals surface area (Å²) in [5.41, 5.74) is 3.91. The van der Waals surface area contributed by atoms with Gasteiger partial charge in [-0.2, -0.15) is 4.39 Å². The number of benzene rings is 3. The highest BCUT2D eigenvalue weighted by Crippen LogP contribution is 2.41. The molecule has 13 heteroatoms. The Morgan fingerprint density at radius 3 is 2.47 bits per heavy atom. The van der Waals surface area contributed by atoms with E-state index in [1.807, 2.05) is 48.5 Å². The van der Waals surface area contributed by atoms with Crippen LogP contribution in [0.1, 0.15) is 62.1 Å². The predicted octanol–water partition coefficient (Wildman–Crippen LogP) is 6.51. The minimum absolute atomic E-state index is 0.00500. The largest absolute Gasteiger partial charge is 0.488 e. The molecule has 2 aliphatic heterocycles. The van der Waals surface area contributed by atoms with Gasteiger partial charge in [-0.05, 0) is 92.3 Å². The Bertz CT molecular complexity index is 1850. The molecule has 1 saturated heterocycles. The molecule has 2 atom stereocenters. The minimum atomic E-state index is -1.35. The van der Waals surface area contributed by atoms with Crippen LogP contribution in [0.15, 0.2) is 66.2 Å². The highest BCUT2D eigenvalue weighted by Gasteiger charge is 2.47. The van der Waals surface area contributed by atoms with Crippen LogP contribution in [-0.2, 0) is 27.2 Å². The Labute approximate surface area is 312 Å². The molecule has 3 aromatic carbocycles. The summed E-state index contributed by atoms with van der Waals surface area (Å²) in [7, 11) is 0. The van der Waals surface area contributed by atoms with Gasteiger partial charge in [-0.25, -0.2) is 13.6 Å². The van der Waals surface area contributed by atoms with E-state index in [4.69, 9.17) is 21.1 Å². The van der Waals surface area contributed by atoms with Crippen LogP contribution in [0, 0.1) is 17.5 Å². The van der Waals surface area contributed by atoms with Crippen molar-refractivity contribution in [3.8, 4) is 5.75 Å². The van der Waals surface area contributed by atoms with Crippen molar-refractivity contribution in [2.75, 3.05) is 32.8 Å². The van der Waals surface area contributed by atoms with Crippen LogP contribution in [0.25, 0.3) is 5.57 Å². The van der Waals surface area contributed by atoms with Crippen molar-refractivity contribution in [2.24, 2.45) is 0 Å². The lowest BCUT2D eigenvalue weighted by molar-refractivity contribution is -0.143. The van der Waals surface area contributed by atoms with Gasteiger partial charge in [0, 0.05) is 48.2 Å². The molecular formula is C40H44ClF3N4O5. The molecule has 9 nitrogen and oxygen atoms in total. The van der Waals surface area contributed by atoms with Gasteiger partial charge in [0.2, 0.25) is 11.7 Å². The molecule has 2 heterocycles. The molecule has 1 aliphatic carbocycles. The number of nitrogens with zero attached hydrogens (tertiary/aromatic N) is 1. The van der Waals surface area contributed by atoms with Crippen LogP contribution in [0.3, 0.4) is 0 Å². The summed E-state index contributed by atoms with van der Waals surface area (Å²) in [6.45, 7) is 3.11. The first kappa shape index (κ1) is 38.2. The Hall–Kier alpha value is -4.55. The van der Waals surface area contributed by atoms with Crippen molar-refractivity contribution >= 4 is 35.1 Å². The molecule has 2 bridgehead atoms. The summed E-state index contributed by atoms with van der Waals surface area (Å²) in [5, 5.41) is 10.5. The molecule has 282 valence electrons. The fourth-order valence-electron chi connectivity index (χ4n) is 7.10. The monoisotopic (exact) mass is 752 g/mol. The van der Waals surface area contributed by atoms with E-state index in [-0.39, 0.29) is 43.5 Å². The number of fused-ring (bicyclic) bond motifs is 2. The summed E-state index contributed by atoms with van der Waals surface area (Å²) < 4.78 is 51.6. The first-order valence-electron chi connectivity index (χ1n) is 18.1. The number of ether oxygens (including phenoxy) is 2. The third-order valence-corrected chi connectivity index (χ3v) is 10.3. The lowest BCUT2D eigenvalue weighted by Gasteiger charge is -2.44. The molecule has 3 N–H and O–H groups in total. The summed E-state index contributed by atoms with van der Waals surface area (Å²) in [6.07, 6.45) is 4.44. The Kier molecular flexibility index (Phi) is 12.3. The van der Waals surface area contributed by atoms with Gasteiger partial charge in [-0.3, -0.25) is 9.59 Å². The highest BCUT2D eigenvalue weighted by atomic mass is 35.5. The summed E-state index contributed by atoms with van der Waals surface area (Å²) in [5.74, 6) is -4.69. The molecule has 2 fully saturated rings. The SMILES string of the molecule is CCOC(=O)CCCNC(=O)N1C[C@H]2CC(c3ccc(CCCOc4c(F)ccc(F)c4F)cc3)=C(C(=O)NC3(Cc4ccccc4Cl)CC3)[C@@H](C1)N2. The maximum absolute atomic E-state index is 14.3. The number of hydrogen-bond donors (Lipinski definition) is 3. The zero-order valence-electron chi connectivity index (χ0n) is 29.6. The van der Waals surface area contributed by atoms with Crippen molar-refractivity contribution in [3.63, 3.8) is 0 Å². The number of esters is 1. The van der Waals surface area contributed by atoms with Crippen molar-refractivity contribution in [1.82, 2.24) is 20.9 Å². The van der Waals surface area contributed by atoms with E-state index in [0.29, 0.717) is 62.4 Å². The van der Waals surface area contributed by atoms with E-state index >= 15 is 0 Å². The van der Waals surface area contributed by atoms with E-state index in [1.54, 1.807) is 11.8 Å². The number of piperazine rings is 1. The van der Waals surface area contributed by atoms with Gasteiger partial charge in [-0.1, -0.05) is 54.1 Å². The fourth-order valence-corrected chi connectivity index (χ4v) is 7.30. The van der Waals surface area contributed by atoms with Gasteiger partial charge in [0.05, 0.1) is 19.3 Å². The Morgan fingerprint density at radius 2 is 1.74 bits per heavy atom. The molecule has 0 radical (unpaired) electrons. The number of urea groups is 1. The van der Waals surface area contributed by atoms with Gasteiger partial charge in [0.15, 0.2) is 17.4 Å². The van der Waals surface area contributed by atoms with E-state index < -0.39 is 34.8 Å². The topological polar surface area (TPSA) is 109 Å². The Morgan fingerprint density at radius 1 is 0.981 bits per heavy atom. The van der Waals surface area contributed by atoms with Gasteiger partial charge in [-0.15, -0.1) is 0 Å². The maximum Gasteiger partial charge on any atom is 0.317 e. The number of amides is 3. The first-order chi connectivity index (χ1) is 25.6. The smallest absolute Gasteiger partial charge is 0.317 e. The quantitative estimate of drug-likeness (QED) is 0.0929. The van der Waals surface area contributed by atoms with Gasteiger partial charge in [0.25, 0.3) is 0 Å². The normalized spacial score (nSPS) is 18.7. The van der Waals surface area contributed by atoms with Crippen LogP contribution < -0.4 is 20.7 Å². The average molecular weight is 753 g/mol. The number of halogens is 4. The molecule has 1 saturated carbocycles. The summed E-state index contributed by atoms with van der Waals surface area (Å²) in [4.78, 5) is 41.0. The lowest BCUT2D eigenvalue weighted by atomic mass is 9.82. The average Bonchev–Trinajstić information content (AvgIpc) is 3.90. The highest BCUT2D eigenvalue weighted by molar-refractivity contribution is 6.31. The Balaban J connectivity index is 1.16. The predicted molar refractivity (Wildman–Crippen MR) is 195 cm³/mol. The second-order valence-electron chi connectivity index (χ2n) is 13.9. The van der Waals surface area contributed by atoms with Crippen LogP contribution in [0.5, 0.6) is 5.75 Å². The second kappa shape index (κ2) is 17.1. The van der Waals surface area contributed by atoms with Gasteiger partial charge >= 0.3 is 12.0 Å². The molecule has 3 aromatic rings. The van der Waals surface area contributed by atoms with Crippen LogP contribution in [-0.4, -0.2) is 73.3 Å². The molecular weight excluding hydrogens is 709 g/mol. The number of rotatable bonds is 15. The van der Waals surface area contributed by atoms with Crippen LogP contribution in [0.4, 0.5) is 18.0 Å². The van der Waals surface area contributed by atoms with E-state index in [9.17, 15) is 27.6 Å². The lowest BCUT2D eigenvalue weighted by Crippen LogP contribution is -2.63. The third-order valence-electron chi connectivity index (χ3n) is 9.96. The molecule has 6 rings (SSSR count). The molecule has 53 heavy (non-hydrogen) atoms. The minimum Gasteiger partial charge on any atom is -0.488 e. The number of carbonyl (C=O) groups is 3. The van der Waals surface area contributed by atoms with Crippen LogP contribution in [0.2, 0.25) is 5.02 Å². The zero-order chi connectivity index (χ0) is 37.5. The molecule has 0 spiro atoms. The summed E-state index contributed by atoms with van der Waals surface area (Å²) in [6, 6.07) is 16.3. The number of carbonyl (C=O) groups excluding carboxylic acids is 3. The molecule has 3 amide bonds. The zero-order valence-corrected chi connectivity index (χ0v) is 30.4. The standard InChI is InChI=1S/C40H44ClF3N4O5/c1-2-52-34(49)10-5-19-45-39(51)48-23-28-21-29(26-13-11-25(12-14-26)7-6-20-53-37-32(43)16-15-31(42)36(37)44)35(33(24-48)46-28)38(50)47-40(17-18-40)22-27-8-3-4-9-30(27)41/h3-4,8-9,11-16,28,33,46H,2,5-7,10,17-24H2,1H3,(H,45,51)(H,47,50)/t28-,33-/m1/s1. The number of hydrogen-bond acceptors (Lipinski definition) is 6. The number of nitrogens with one attached hydrogen (secondary N) is 3. The molecule has 3 aliphatic rings. The van der Waals surface area contributed by atoms with Crippen molar-refractivity contribution in [1.29, 1.82) is 0 Å². The first-order valence-corrected chi connectivity index (χ1v) is 18.5. The van der Waals surface area contributed by atoms with Crippen molar-refractivity contribution in [2.45, 2.75) is 75.9 Å². The van der Waals surface area contributed by atoms with Gasteiger partial charge in [0.1, 0.15) is 0 Å². The van der Waals surface area contributed by atoms with Crippen molar-refractivity contribution < 1.29 is 37.0 Å². The maximum atomic E-state index is 14.3. The van der Waals surface area contributed by atoms with Crippen molar-refractivity contribution in [3.05, 3.63) is 105 Å². The fraction of sp³-hybridized carbons (Fsp3) is 0.425. The summed E-state index contributed by atoms with van der Waals surface area (Å²) >= 11 is 6.49. The molecule has 0 aromatic heterocycles. The third kappa shape index (κ3) is 9.52. The van der Waals surface area contributed by atoms with Crippen LogP contribution >= 0.6 is 11.6 Å². The van der Waals surface area contributed by atoms with Gasteiger partial charge < -0.3 is 30.3 Å². The van der Waals surface area contributed by atoms with E-state index in [1.165, 1.54) is 0 Å². The molecule has 0 unspecified atom stereocenters. The number of aryl methyl sites for hydroxylation is 1.